The molecule has 0 atom stereocenters. The van der Waals surface area contributed by atoms with Gasteiger partial charge in [-0.05, 0) is 60.6 Å². The maximum Gasteiger partial charge on any atom is 0.360 e. The van der Waals surface area contributed by atoms with Crippen LogP contribution in [0.25, 0.3) is 22.1 Å². The van der Waals surface area contributed by atoms with Gasteiger partial charge in [-0.1, -0.05) is 24.3 Å². The number of amides is 2. The van der Waals surface area contributed by atoms with Gasteiger partial charge in [-0.15, -0.1) is 0 Å². The van der Waals surface area contributed by atoms with Crippen LogP contribution >= 0.6 is 0 Å². The summed E-state index contributed by atoms with van der Waals surface area (Å²) in [5.41, 5.74) is 4.91. The third kappa shape index (κ3) is 5.03. The quantitative estimate of drug-likeness (QED) is 0.183. The zero-order valence-electron chi connectivity index (χ0n) is 22.1. The highest BCUT2D eigenvalue weighted by Gasteiger charge is 2.23. The van der Waals surface area contributed by atoms with E-state index in [2.05, 4.69) is 16.7 Å². The molecule has 0 radical (unpaired) electrons. The zero-order chi connectivity index (χ0) is 27.7. The Hall–Kier alpha value is -4.79. The van der Waals surface area contributed by atoms with Crippen LogP contribution in [0, 0.1) is 6.92 Å². The number of carbonyl (C=O) groups excluding carboxylic acids is 2. The second-order valence-corrected chi connectivity index (χ2v) is 9.31. The van der Waals surface area contributed by atoms with Crippen LogP contribution in [0.15, 0.2) is 57.7 Å². The highest BCUT2D eigenvalue weighted by molar-refractivity contribution is 6.08. The molecule has 9 nitrogen and oxygen atoms in total. The Kier molecular flexibility index (Phi) is 6.98. The van der Waals surface area contributed by atoms with E-state index in [0.717, 1.165) is 35.8 Å². The van der Waals surface area contributed by atoms with Crippen LogP contribution in [0.1, 0.15) is 30.0 Å². The fourth-order valence-corrected chi connectivity index (χ4v) is 4.99. The first-order valence-electron chi connectivity index (χ1n) is 12.5. The number of benzene rings is 3. The molecule has 1 heterocycles. The third-order valence-corrected chi connectivity index (χ3v) is 6.74. The van der Waals surface area contributed by atoms with Gasteiger partial charge in [0, 0.05) is 30.0 Å². The van der Waals surface area contributed by atoms with Crippen LogP contribution in [-0.4, -0.2) is 26.2 Å². The third-order valence-electron chi connectivity index (χ3n) is 6.74. The molecule has 200 valence electrons. The van der Waals surface area contributed by atoms with E-state index in [4.69, 9.17) is 18.6 Å². The smallest absolute Gasteiger partial charge is 0.360 e. The standard InChI is InChI=1S/C30H28N2O7/c1-16-8-5-6-11-21(16)26-22-12-18-9-7-10-19(18)13-23(22)39-29(34)27(26)32-30(35)31-20-14-24(36-3)28(38-17(2)33)25(15-20)37-4/h5-6,8,11-15H,7,9-10H2,1-4H3,(H2,31,32,35). The largest absolute Gasteiger partial charge is 0.493 e. The Morgan fingerprint density at radius 2 is 1.59 bits per heavy atom. The van der Waals surface area contributed by atoms with Crippen molar-refractivity contribution in [1.82, 2.24) is 0 Å². The van der Waals surface area contributed by atoms with Gasteiger partial charge in [0.05, 0.1) is 19.9 Å². The normalized spacial score (nSPS) is 12.1. The number of rotatable bonds is 6. The summed E-state index contributed by atoms with van der Waals surface area (Å²) in [5, 5.41) is 6.17. The van der Waals surface area contributed by atoms with E-state index in [1.165, 1.54) is 44.4 Å². The molecular weight excluding hydrogens is 500 g/mol. The number of methoxy groups -OCH3 is 2. The van der Waals surface area contributed by atoms with Gasteiger partial charge in [0.15, 0.2) is 11.5 Å². The van der Waals surface area contributed by atoms with Gasteiger partial charge in [-0.2, -0.15) is 0 Å². The summed E-state index contributed by atoms with van der Waals surface area (Å²) in [6.07, 6.45) is 2.94. The van der Waals surface area contributed by atoms with Gasteiger partial charge in [0.2, 0.25) is 5.75 Å². The average Bonchev–Trinajstić information content (AvgIpc) is 3.36. The minimum atomic E-state index is -0.679. The first-order valence-corrected chi connectivity index (χ1v) is 12.5. The molecule has 3 aromatic carbocycles. The van der Waals surface area contributed by atoms with Crippen molar-refractivity contribution in [3.63, 3.8) is 0 Å². The number of hydrogen-bond donors (Lipinski definition) is 2. The highest BCUT2D eigenvalue weighted by Crippen LogP contribution is 2.41. The summed E-state index contributed by atoms with van der Waals surface area (Å²) >= 11 is 0. The molecule has 0 fully saturated rings. The van der Waals surface area contributed by atoms with Crippen molar-refractivity contribution in [3.05, 3.63) is 75.6 Å². The maximum absolute atomic E-state index is 13.3. The van der Waals surface area contributed by atoms with Crippen LogP contribution in [0.3, 0.4) is 0 Å². The molecule has 0 saturated heterocycles. The summed E-state index contributed by atoms with van der Waals surface area (Å²) in [4.78, 5) is 38.0. The Bertz CT molecular complexity index is 1650. The SMILES string of the molecule is COc1cc(NC(=O)Nc2c(-c3ccccc3C)c3cc4c(cc3oc2=O)CCC4)cc(OC)c1OC(C)=O. The highest BCUT2D eigenvalue weighted by atomic mass is 16.6. The molecule has 2 N–H and O–H groups in total. The molecule has 0 saturated carbocycles. The fraction of sp³-hybridized carbons (Fsp3) is 0.233. The predicted molar refractivity (Wildman–Crippen MR) is 148 cm³/mol. The summed E-state index contributed by atoms with van der Waals surface area (Å²) in [6.45, 7) is 3.21. The molecular formula is C30H28N2O7. The maximum atomic E-state index is 13.3. The Morgan fingerprint density at radius 3 is 2.23 bits per heavy atom. The molecule has 0 aliphatic heterocycles. The number of hydrogen-bond acceptors (Lipinski definition) is 7. The Balaban J connectivity index is 1.57. The van der Waals surface area contributed by atoms with Gasteiger partial charge in [-0.25, -0.2) is 9.59 Å². The second-order valence-electron chi connectivity index (χ2n) is 9.31. The van der Waals surface area contributed by atoms with Gasteiger partial charge >= 0.3 is 17.6 Å². The van der Waals surface area contributed by atoms with Crippen molar-refractivity contribution in [2.45, 2.75) is 33.1 Å². The van der Waals surface area contributed by atoms with Crippen molar-refractivity contribution >= 4 is 34.3 Å². The first-order chi connectivity index (χ1) is 18.8. The minimum Gasteiger partial charge on any atom is -0.493 e. The van der Waals surface area contributed by atoms with E-state index in [0.29, 0.717) is 11.1 Å². The first kappa shape index (κ1) is 25.8. The number of anilines is 2. The van der Waals surface area contributed by atoms with Crippen molar-refractivity contribution in [2.24, 2.45) is 0 Å². The molecule has 1 aliphatic rings. The van der Waals surface area contributed by atoms with E-state index >= 15 is 0 Å². The molecule has 1 aromatic heterocycles. The van der Waals surface area contributed by atoms with Gasteiger partial charge in [0.1, 0.15) is 11.3 Å². The van der Waals surface area contributed by atoms with Crippen molar-refractivity contribution < 1.29 is 28.2 Å². The van der Waals surface area contributed by atoms with Crippen LogP contribution < -0.4 is 30.5 Å². The van der Waals surface area contributed by atoms with Crippen molar-refractivity contribution in [2.75, 3.05) is 24.9 Å². The molecule has 0 unspecified atom stereocenters. The van der Waals surface area contributed by atoms with E-state index in [9.17, 15) is 14.4 Å². The number of urea groups is 1. The summed E-state index contributed by atoms with van der Waals surface area (Å²) < 4.78 is 21.6. The van der Waals surface area contributed by atoms with Gasteiger partial charge in [-0.3, -0.25) is 4.79 Å². The lowest BCUT2D eigenvalue weighted by atomic mass is 9.94. The number of esters is 1. The number of carbonyl (C=O) groups is 2. The number of ether oxygens (including phenoxy) is 3. The Morgan fingerprint density at radius 1 is 0.923 bits per heavy atom. The molecule has 39 heavy (non-hydrogen) atoms. The lowest BCUT2D eigenvalue weighted by Gasteiger charge is -2.17. The molecule has 0 bridgehead atoms. The zero-order valence-corrected chi connectivity index (χ0v) is 22.1. The monoisotopic (exact) mass is 528 g/mol. The molecule has 2 amide bonds. The van der Waals surface area contributed by atoms with Crippen LogP contribution in [0.2, 0.25) is 0 Å². The van der Waals surface area contributed by atoms with Crippen molar-refractivity contribution in [3.8, 4) is 28.4 Å². The minimum absolute atomic E-state index is 0.0303. The lowest BCUT2D eigenvalue weighted by Crippen LogP contribution is -2.24. The predicted octanol–water partition coefficient (Wildman–Crippen LogP) is 5.84. The molecule has 1 aliphatic carbocycles. The molecule has 5 rings (SSSR count). The van der Waals surface area contributed by atoms with E-state index in [-0.39, 0.29) is 28.6 Å². The average molecular weight is 529 g/mol. The van der Waals surface area contributed by atoms with Crippen LogP contribution in [-0.2, 0) is 17.6 Å². The van der Waals surface area contributed by atoms with Crippen LogP contribution in [0.5, 0.6) is 17.2 Å². The summed E-state index contributed by atoms with van der Waals surface area (Å²) in [7, 11) is 2.80. The second kappa shape index (κ2) is 10.5. The Labute approximate surface area is 224 Å². The van der Waals surface area contributed by atoms with Gasteiger partial charge < -0.3 is 29.3 Å². The van der Waals surface area contributed by atoms with E-state index in [1.54, 1.807) is 0 Å². The summed E-state index contributed by atoms with van der Waals surface area (Å²) in [6, 6.07) is 14.0. The lowest BCUT2D eigenvalue weighted by molar-refractivity contribution is -0.132. The van der Waals surface area contributed by atoms with Crippen molar-refractivity contribution in [1.29, 1.82) is 0 Å². The molecule has 0 spiro atoms. The molecule has 9 heteroatoms. The topological polar surface area (TPSA) is 116 Å². The summed E-state index contributed by atoms with van der Waals surface area (Å²) in [5.74, 6) is -0.107. The number of fused-ring (bicyclic) bond motifs is 2. The molecule has 4 aromatic rings. The van der Waals surface area contributed by atoms with E-state index < -0.39 is 17.6 Å². The van der Waals surface area contributed by atoms with E-state index in [1.807, 2.05) is 37.3 Å². The fourth-order valence-electron chi connectivity index (χ4n) is 4.99. The van der Waals surface area contributed by atoms with Crippen LogP contribution in [0.4, 0.5) is 16.2 Å². The number of aryl methyl sites for hydroxylation is 3. The van der Waals surface area contributed by atoms with Gasteiger partial charge in [0.25, 0.3) is 0 Å². The number of nitrogens with one attached hydrogen (secondary N) is 2.